The van der Waals surface area contributed by atoms with Gasteiger partial charge in [0.1, 0.15) is 5.82 Å². The first-order valence-electron chi connectivity index (χ1n) is 10.2. The van der Waals surface area contributed by atoms with E-state index >= 15 is 0 Å². The molecule has 0 radical (unpaired) electrons. The van der Waals surface area contributed by atoms with E-state index in [2.05, 4.69) is 19.2 Å². The number of rotatable bonds is 3. The molecule has 0 saturated carbocycles. The van der Waals surface area contributed by atoms with E-state index in [0.29, 0.717) is 56.6 Å². The monoisotopic (exact) mass is 425 g/mol. The predicted octanol–water partition coefficient (Wildman–Crippen LogP) is 2.44. The van der Waals surface area contributed by atoms with E-state index in [-0.39, 0.29) is 18.2 Å². The Hall–Kier alpha value is -2.68. The fourth-order valence-corrected chi connectivity index (χ4v) is 3.09. The average Bonchev–Trinajstić information content (AvgIpc) is 2.63. The molecule has 0 aromatic heterocycles. The Balaban J connectivity index is 0.000000338. The van der Waals surface area contributed by atoms with Crippen molar-refractivity contribution >= 4 is 29.2 Å². The number of piperidine rings is 2. The van der Waals surface area contributed by atoms with Crippen molar-refractivity contribution in [3.05, 3.63) is 24.0 Å². The number of hydrogen-bond acceptors (Lipinski definition) is 6. The molecule has 3 rings (SSSR count). The molecule has 9 heteroatoms. The van der Waals surface area contributed by atoms with Gasteiger partial charge in [-0.25, -0.2) is 4.39 Å². The average molecular weight is 426 g/mol. The lowest BCUT2D eigenvalue weighted by Gasteiger charge is -2.38. The maximum Gasteiger partial charge on any atom is 0.306 e. The molecule has 2 heterocycles. The van der Waals surface area contributed by atoms with Gasteiger partial charge in [0.25, 0.3) is 0 Å². The summed E-state index contributed by atoms with van der Waals surface area (Å²) >= 11 is 0. The van der Waals surface area contributed by atoms with Gasteiger partial charge in [0.2, 0.25) is 11.8 Å². The van der Waals surface area contributed by atoms with Gasteiger partial charge in [-0.2, -0.15) is 0 Å². The Morgan fingerprint density at radius 2 is 1.73 bits per heavy atom. The molecule has 0 spiro atoms. The number of nitrogens with two attached hydrogens (primary N) is 1. The van der Waals surface area contributed by atoms with Gasteiger partial charge in [-0.3, -0.25) is 19.7 Å². The van der Waals surface area contributed by atoms with E-state index in [1.165, 1.54) is 12.5 Å². The van der Waals surface area contributed by atoms with E-state index in [0.717, 1.165) is 0 Å². The van der Waals surface area contributed by atoms with Crippen molar-refractivity contribution < 1.29 is 29.0 Å². The molecule has 2 saturated heterocycles. The number of nitrogens with one attached hydrogen (secondary N) is 1. The summed E-state index contributed by atoms with van der Waals surface area (Å²) in [6, 6.07) is 4.48. The zero-order valence-corrected chi connectivity index (χ0v) is 17.6. The summed E-state index contributed by atoms with van der Waals surface area (Å²) < 4.78 is 13.8. The van der Waals surface area contributed by atoms with Gasteiger partial charge in [0.05, 0.1) is 17.7 Å². The van der Waals surface area contributed by atoms with Crippen LogP contribution in [-0.4, -0.2) is 46.7 Å². The van der Waals surface area contributed by atoms with Crippen LogP contribution in [0, 0.1) is 5.82 Å². The Morgan fingerprint density at radius 1 is 1.20 bits per heavy atom. The summed E-state index contributed by atoms with van der Waals surface area (Å²) in [7, 11) is 0. The SMILES string of the molecule is CCC.Nc1ccc(N2CCC(O)(CC(=O)O)CC2)c(F)c1.O=C1CCCC(=O)N1. The topological polar surface area (TPSA) is 133 Å². The second-order valence-electron chi connectivity index (χ2n) is 7.52. The molecule has 2 aliphatic heterocycles. The highest BCUT2D eigenvalue weighted by Gasteiger charge is 2.35. The van der Waals surface area contributed by atoms with Crippen LogP contribution in [0.3, 0.4) is 0 Å². The number of carboxylic acids is 1. The lowest BCUT2D eigenvalue weighted by molar-refractivity contribution is -0.143. The van der Waals surface area contributed by atoms with Crippen LogP contribution >= 0.6 is 0 Å². The van der Waals surface area contributed by atoms with Gasteiger partial charge in [-0.1, -0.05) is 20.3 Å². The molecule has 168 valence electrons. The highest BCUT2D eigenvalue weighted by Crippen LogP contribution is 2.30. The number of amides is 2. The van der Waals surface area contributed by atoms with Crippen LogP contribution in [0.25, 0.3) is 0 Å². The molecule has 2 fully saturated rings. The second kappa shape index (κ2) is 12.1. The van der Waals surface area contributed by atoms with Crippen molar-refractivity contribution in [1.82, 2.24) is 5.32 Å². The van der Waals surface area contributed by atoms with E-state index in [1.807, 2.05) is 0 Å². The third-order valence-corrected chi connectivity index (χ3v) is 4.57. The molecule has 1 aromatic rings. The molecule has 2 amide bonds. The number of halogens is 1. The van der Waals surface area contributed by atoms with Crippen LogP contribution in [0.15, 0.2) is 18.2 Å². The molecule has 1 aromatic carbocycles. The van der Waals surface area contributed by atoms with Crippen molar-refractivity contribution in [2.45, 2.75) is 64.4 Å². The summed E-state index contributed by atoms with van der Waals surface area (Å²) in [6.07, 6.45) is 3.32. The number of benzene rings is 1. The van der Waals surface area contributed by atoms with Crippen LogP contribution in [0.4, 0.5) is 15.8 Å². The van der Waals surface area contributed by atoms with Gasteiger partial charge in [-0.15, -0.1) is 0 Å². The Labute approximate surface area is 176 Å². The number of anilines is 2. The van der Waals surface area contributed by atoms with Crippen molar-refractivity contribution in [1.29, 1.82) is 0 Å². The van der Waals surface area contributed by atoms with Crippen LogP contribution in [0.1, 0.15) is 58.8 Å². The van der Waals surface area contributed by atoms with E-state index in [4.69, 9.17) is 10.8 Å². The Morgan fingerprint density at radius 3 is 2.13 bits per heavy atom. The quantitative estimate of drug-likeness (QED) is 0.432. The maximum atomic E-state index is 13.8. The highest BCUT2D eigenvalue weighted by atomic mass is 19.1. The van der Waals surface area contributed by atoms with Crippen molar-refractivity contribution in [2.24, 2.45) is 0 Å². The largest absolute Gasteiger partial charge is 0.481 e. The Kier molecular flexibility index (Phi) is 10.2. The van der Waals surface area contributed by atoms with E-state index in [9.17, 15) is 23.9 Å². The fraction of sp³-hybridized carbons (Fsp3) is 0.571. The molecule has 0 bridgehead atoms. The molecule has 8 nitrogen and oxygen atoms in total. The van der Waals surface area contributed by atoms with Crippen LogP contribution in [-0.2, 0) is 14.4 Å². The van der Waals surface area contributed by atoms with Crippen LogP contribution < -0.4 is 16.0 Å². The van der Waals surface area contributed by atoms with Crippen LogP contribution in [0.5, 0.6) is 0 Å². The third-order valence-electron chi connectivity index (χ3n) is 4.57. The molecule has 0 atom stereocenters. The van der Waals surface area contributed by atoms with Gasteiger partial charge in [-0.05, 0) is 37.5 Å². The standard InChI is InChI=1S/C13H17FN2O3.C5H7NO2.C3H8/c14-10-7-9(15)1-2-11(10)16-5-3-13(19,4-6-16)8-12(17)18;7-4-2-1-3-5(8)6-4;1-3-2/h1-2,7,19H,3-6,8,15H2,(H,17,18);1-3H2,(H,6,7,8);3H2,1-2H3. The maximum absolute atomic E-state index is 13.8. The molecule has 2 aliphatic rings. The number of carbonyl (C=O) groups excluding carboxylic acids is 2. The highest BCUT2D eigenvalue weighted by molar-refractivity contribution is 5.97. The normalized spacial score (nSPS) is 17.7. The van der Waals surface area contributed by atoms with Gasteiger partial charge >= 0.3 is 5.97 Å². The predicted molar refractivity (Wildman–Crippen MR) is 112 cm³/mol. The second-order valence-corrected chi connectivity index (χ2v) is 7.52. The minimum Gasteiger partial charge on any atom is -0.481 e. The summed E-state index contributed by atoms with van der Waals surface area (Å²) in [6.45, 7) is 5.09. The molecular formula is C21H32FN3O5. The van der Waals surface area contributed by atoms with Gasteiger partial charge in [0.15, 0.2) is 0 Å². The summed E-state index contributed by atoms with van der Waals surface area (Å²) in [4.78, 5) is 33.1. The van der Waals surface area contributed by atoms with Gasteiger partial charge in [0, 0.05) is 31.6 Å². The van der Waals surface area contributed by atoms with Gasteiger partial charge < -0.3 is 20.8 Å². The first-order valence-corrected chi connectivity index (χ1v) is 10.2. The number of carbonyl (C=O) groups is 3. The van der Waals surface area contributed by atoms with Crippen molar-refractivity contribution in [3.63, 3.8) is 0 Å². The number of hydrogen-bond donors (Lipinski definition) is 4. The van der Waals surface area contributed by atoms with Crippen LogP contribution in [0.2, 0.25) is 0 Å². The first-order chi connectivity index (χ1) is 14.1. The van der Waals surface area contributed by atoms with E-state index in [1.54, 1.807) is 17.0 Å². The number of nitrogen functional groups attached to an aromatic ring is 1. The zero-order chi connectivity index (χ0) is 22.7. The molecule has 0 aliphatic carbocycles. The number of aliphatic carboxylic acids is 1. The summed E-state index contributed by atoms with van der Waals surface area (Å²) in [5.41, 5.74) is 5.10. The number of nitrogens with zero attached hydrogens (tertiary/aromatic N) is 1. The lowest BCUT2D eigenvalue weighted by Crippen LogP contribution is -2.45. The molecule has 30 heavy (non-hydrogen) atoms. The molecule has 5 N–H and O–H groups in total. The third kappa shape index (κ3) is 8.77. The molecular weight excluding hydrogens is 393 g/mol. The molecule has 0 unspecified atom stereocenters. The zero-order valence-electron chi connectivity index (χ0n) is 17.6. The summed E-state index contributed by atoms with van der Waals surface area (Å²) in [5.74, 6) is -1.69. The fourth-order valence-electron chi connectivity index (χ4n) is 3.09. The minimum absolute atomic E-state index is 0.138. The minimum atomic E-state index is -1.19. The summed E-state index contributed by atoms with van der Waals surface area (Å²) in [5, 5.41) is 21.0. The van der Waals surface area contributed by atoms with Crippen molar-refractivity contribution in [3.8, 4) is 0 Å². The number of imide groups is 1. The van der Waals surface area contributed by atoms with Crippen molar-refractivity contribution in [2.75, 3.05) is 23.7 Å². The van der Waals surface area contributed by atoms with E-state index < -0.39 is 17.4 Å². The number of carboxylic acid groups (broad SMARTS) is 1. The number of aliphatic hydroxyl groups is 1. The first kappa shape index (κ1) is 25.4. The smallest absolute Gasteiger partial charge is 0.306 e. The Bertz CT molecular complexity index is 719. The lowest BCUT2D eigenvalue weighted by atomic mass is 9.88.